The van der Waals surface area contributed by atoms with Gasteiger partial charge in [-0.2, -0.15) is 5.10 Å². The third kappa shape index (κ3) is 4.48. The van der Waals surface area contributed by atoms with E-state index in [2.05, 4.69) is 15.5 Å². The van der Waals surface area contributed by atoms with Crippen LogP contribution in [0.3, 0.4) is 0 Å². The summed E-state index contributed by atoms with van der Waals surface area (Å²) in [5.74, 6) is 0.773. The van der Waals surface area contributed by atoms with Crippen molar-refractivity contribution in [1.29, 1.82) is 0 Å². The van der Waals surface area contributed by atoms with Crippen molar-refractivity contribution in [1.82, 2.24) is 5.32 Å². The van der Waals surface area contributed by atoms with Gasteiger partial charge in [0.2, 0.25) is 5.91 Å². The van der Waals surface area contributed by atoms with Gasteiger partial charge in [0, 0.05) is 0 Å². The van der Waals surface area contributed by atoms with Gasteiger partial charge in [-0.1, -0.05) is 42.1 Å². The van der Waals surface area contributed by atoms with Crippen LogP contribution >= 0.6 is 11.8 Å². The SMILES string of the molecule is COc1ccc(C(C)=N/N=C2\NC(=O)[C@@H](Cc3ccccc3)S2)cc1. The third-order valence-corrected chi connectivity index (χ3v) is 4.91. The summed E-state index contributed by atoms with van der Waals surface area (Å²) in [4.78, 5) is 12.1. The Morgan fingerprint density at radius 2 is 1.88 bits per heavy atom. The van der Waals surface area contributed by atoms with Crippen LogP contribution in [0.5, 0.6) is 5.75 Å². The Hall–Kier alpha value is -2.60. The van der Waals surface area contributed by atoms with Crippen LogP contribution in [0.4, 0.5) is 0 Å². The van der Waals surface area contributed by atoms with Crippen molar-refractivity contribution >= 4 is 28.5 Å². The van der Waals surface area contributed by atoms with Crippen LogP contribution in [0, 0.1) is 0 Å². The van der Waals surface area contributed by atoms with Gasteiger partial charge in [0.05, 0.1) is 18.1 Å². The van der Waals surface area contributed by atoms with Gasteiger partial charge in [0.15, 0.2) is 5.17 Å². The van der Waals surface area contributed by atoms with Crippen LogP contribution in [0.25, 0.3) is 0 Å². The summed E-state index contributed by atoms with van der Waals surface area (Å²) < 4.78 is 5.14. The largest absolute Gasteiger partial charge is 0.497 e. The number of nitrogens with zero attached hydrogens (tertiary/aromatic N) is 2. The molecule has 2 aromatic rings. The van der Waals surface area contributed by atoms with E-state index in [0.29, 0.717) is 11.6 Å². The highest BCUT2D eigenvalue weighted by molar-refractivity contribution is 8.15. The van der Waals surface area contributed by atoms with Crippen molar-refractivity contribution < 1.29 is 9.53 Å². The molecule has 1 aliphatic heterocycles. The molecule has 0 aliphatic carbocycles. The summed E-state index contributed by atoms with van der Waals surface area (Å²) in [5, 5.41) is 11.6. The molecule has 0 radical (unpaired) electrons. The van der Waals surface area contributed by atoms with E-state index in [1.807, 2.05) is 61.5 Å². The highest BCUT2D eigenvalue weighted by Crippen LogP contribution is 2.23. The summed E-state index contributed by atoms with van der Waals surface area (Å²) in [6.45, 7) is 1.88. The summed E-state index contributed by atoms with van der Waals surface area (Å²) in [5.41, 5.74) is 2.87. The molecule has 1 amide bonds. The summed E-state index contributed by atoms with van der Waals surface area (Å²) in [7, 11) is 1.63. The molecule has 2 aromatic carbocycles. The lowest BCUT2D eigenvalue weighted by Crippen LogP contribution is -2.25. The molecule has 6 heteroatoms. The van der Waals surface area contributed by atoms with Crippen molar-refractivity contribution in [3.63, 3.8) is 0 Å². The summed E-state index contributed by atoms with van der Waals surface area (Å²) in [6, 6.07) is 17.6. The Morgan fingerprint density at radius 3 is 2.56 bits per heavy atom. The second-order valence-electron chi connectivity index (χ2n) is 5.60. The topological polar surface area (TPSA) is 63.1 Å². The zero-order valence-electron chi connectivity index (χ0n) is 14.1. The number of hydrogen-bond acceptors (Lipinski definition) is 5. The molecule has 0 unspecified atom stereocenters. The molecular weight excluding hydrogens is 334 g/mol. The van der Waals surface area contributed by atoms with E-state index in [9.17, 15) is 4.79 Å². The Bertz CT molecular complexity index is 801. The minimum atomic E-state index is -0.169. The quantitative estimate of drug-likeness (QED) is 0.663. The van der Waals surface area contributed by atoms with Gasteiger partial charge in [-0.05, 0) is 48.7 Å². The zero-order chi connectivity index (χ0) is 17.6. The molecule has 0 spiro atoms. The van der Waals surface area contributed by atoms with Crippen LogP contribution in [0.2, 0.25) is 0 Å². The number of hydrogen-bond donors (Lipinski definition) is 1. The lowest BCUT2D eigenvalue weighted by Gasteiger charge is -2.04. The molecule has 1 N–H and O–H groups in total. The monoisotopic (exact) mass is 353 g/mol. The van der Waals surface area contributed by atoms with E-state index in [-0.39, 0.29) is 11.2 Å². The Kier molecular flexibility index (Phi) is 5.50. The normalized spacial score (nSPS) is 19.1. The number of nitrogens with one attached hydrogen (secondary N) is 1. The van der Waals surface area contributed by atoms with E-state index < -0.39 is 0 Å². The van der Waals surface area contributed by atoms with Gasteiger partial charge in [0.1, 0.15) is 5.75 Å². The van der Waals surface area contributed by atoms with E-state index in [4.69, 9.17) is 4.74 Å². The zero-order valence-corrected chi connectivity index (χ0v) is 14.9. The second-order valence-corrected chi connectivity index (χ2v) is 6.80. The van der Waals surface area contributed by atoms with Crippen LogP contribution in [0.15, 0.2) is 64.8 Å². The van der Waals surface area contributed by atoms with Crippen molar-refractivity contribution in [2.45, 2.75) is 18.6 Å². The smallest absolute Gasteiger partial charge is 0.239 e. The Morgan fingerprint density at radius 1 is 1.16 bits per heavy atom. The maximum Gasteiger partial charge on any atom is 0.239 e. The molecular formula is C19H19N3O2S. The molecule has 1 heterocycles. The predicted octanol–water partition coefficient (Wildman–Crippen LogP) is 3.25. The number of amidine groups is 1. The first-order valence-corrected chi connectivity index (χ1v) is 8.82. The van der Waals surface area contributed by atoms with E-state index in [0.717, 1.165) is 22.6 Å². The maximum atomic E-state index is 12.1. The standard InChI is InChI=1S/C19H19N3O2S/c1-13(15-8-10-16(24-2)11-9-15)21-22-19-20-18(23)17(25-19)12-14-6-4-3-5-7-14/h3-11,17H,12H2,1-2H3,(H,20,22,23)/t17-/m1/s1. The van der Waals surface area contributed by atoms with Gasteiger partial charge in [-0.25, -0.2) is 0 Å². The highest BCUT2D eigenvalue weighted by Gasteiger charge is 2.30. The van der Waals surface area contributed by atoms with Crippen LogP contribution in [0.1, 0.15) is 18.1 Å². The fourth-order valence-electron chi connectivity index (χ4n) is 2.43. The van der Waals surface area contributed by atoms with Gasteiger partial charge in [-0.15, -0.1) is 5.10 Å². The van der Waals surface area contributed by atoms with Gasteiger partial charge in [0.25, 0.3) is 0 Å². The molecule has 1 atom stereocenters. The lowest BCUT2D eigenvalue weighted by atomic mass is 10.1. The Labute approximate surface area is 151 Å². The number of carbonyl (C=O) groups excluding carboxylic acids is 1. The van der Waals surface area contributed by atoms with Crippen molar-refractivity contribution in [3.8, 4) is 5.75 Å². The van der Waals surface area contributed by atoms with Crippen LogP contribution in [-0.2, 0) is 11.2 Å². The lowest BCUT2D eigenvalue weighted by molar-refractivity contribution is -0.118. The van der Waals surface area contributed by atoms with Crippen LogP contribution in [-0.4, -0.2) is 29.1 Å². The van der Waals surface area contributed by atoms with Gasteiger partial charge in [-0.3, -0.25) is 4.79 Å². The second kappa shape index (κ2) is 7.98. The van der Waals surface area contributed by atoms with Gasteiger partial charge < -0.3 is 10.1 Å². The predicted molar refractivity (Wildman–Crippen MR) is 102 cm³/mol. The number of ether oxygens (including phenoxy) is 1. The molecule has 0 aromatic heterocycles. The number of amides is 1. The number of benzene rings is 2. The van der Waals surface area contributed by atoms with E-state index >= 15 is 0 Å². The minimum absolute atomic E-state index is 0.0232. The molecule has 25 heavy (non-hydrogen) atoms. The molecule has 0 bridgehead atoms. The number of thioether (sulfide) groups is 1. The molecule has 1 aliphatic rings. The highest BCUT2D eigenvalue weighted by atomic mass is 32.2. The van der Waals surface area contributed by atoms with E-state index in [1.165, 1.54) is 11.8 Å². The first-order valence-electron chi connectivity index (χ1n) is 7.94. The molecule has 1 fully saturated rings. The average Bonchev–Trinajstić information content (AvgIpc) is 3.00. The minimum Gasteiger partial charge on any atom is -0.497 e. The third-order valence-electron chi connectivity index (χ3n) is 3.84. The van der Waals surface area contributed by atoms with Crippen molar-refractivity contribution in [3.05, 3.63) is 65.7 Å². The fraction of sp³-hybridized carbons (Fsp3) is 0.211. The molecule has 1 saturated heterocycles. The van der Waals surface area contributed by atoms with Crippen LogP contribution < -0.4 is 10.1 Å². The van der Waals surface area contributed by atoms with Gasteiger partial charge >= 0.3 is 0 Å². The number of carbonyl (C=O) groups is 1. The summed E-state index contributed by atoms with van der Waals surface area (Å²) in [6.07, 6.45) is 0.678. The van der Waals surface area contributed by atoms with Crippen molar-refractivity contribution in [2.24, 2.45) is 10.2 Å². The Balaban J connectivity index is 1.66. The number of rotatable bonds is 5. The first kappa shape index (κ1) is 17.2. The van der Waals surface area contributed by atoms with Crippen molar-refractivity contribution in [2.75, 3.05) is 7.11 Å². The maximum absolute atomic E-state index is 12.1. The summed E-state index contributed by atoms with van der Waals surface area (Å²) >= 11 is 1.42. The van der Waals surface area contributed by atoms with E-state index in [1.54, 1.807) is 7.11 Å². The number of methoxy groups -OCH3 is 1. The average molecular weight is 353 g/mol. The molecule has 3 rings (SSSR count). The molecule has 0 saturated carbocycles. The fourth-order valence-corrected chi connectivity index (χ4v) is 3.38. The molecule has 5 nitrogen and oxygen atoms in total. The molecule has 128 valence electrons. The first-order chi connectivity index (χ1) is 12.2.